The first-order valence-electron chi connectivity index (χ1n) is 13.3. The minimum atomic E-state index is 0.558. The number of rotatable bonds is 12. The molecular weight excluding hydrogens is 516 g/mol. The Kier molecular flexibility index (Phi) is 9.09. The summed E-state index contributed by atoms with van der Waals surface area (Å²) < 4.78 is 18.9. The van der Waals surface area contributed by atoms with Gasteiger partial charge in [-0.15, -0.1) is 0 Å². The van der Waals surface area contributed by atoms with Gasteiger partial charge >= 0.3 is 0 Å². The Hall–Kier alpha value is -4.16. The molecule has 204 valence electrons. The van der Waals surface area contributed by atoms with Crippen molar-refractivity contribution in [2.24, 2.45) is 7.05 Å². The van der Waals surface area contributed by atoms with E-state index < -0.39 is 0 Å². The highest BCUT2D eigenvalue weighted by molar-refractivity contribution is 7.98. The van der Waals surface area contributed by atoms with E-state index >= 15 is 0 Å². The summed E-state index contributed by atoms with van der Waals surface area (Å²) in [6, 6.07) is 35.1. The van der Waals surface area contributed by atoms with Crippen molar-refractivity contribution in [2.75, 3.05) is 14.2 Å². The maximum atomic E-state index is 6.00. The number of ether oxygens (including phenoxy) is 3. The van der Waals surface area contributed by atoms with Crippen LogP contribution in [-0.4, -0.2) is 23.8 Å². The van der Waals surface area contributed by atoms with Crippen molar-refractivity contribution in [1.29, 1.82) is 0 Å². The van der Waals surface area contributed by atoms with Crippen LogP contribution >= 0.6 is 11.8 Å². The average Bonchev–Trinajstić information content (AvgIpc) is 3.30. The van der Waals surface area contributed by atoms with Crippen molar-refractivity contribution in [1.82, 2.24) is 9.55 Å². The molecule has 0 saturated heterocycles. The van der Waals surface area contributed by atoms with Crippen molar-refractivity contribution in [2.45, 2.75) is 30.4 Å². The fraction of sp³-hybridized carbons (Fsp3) is 0.206. The number of imidazole rings is 1. The van der Waals surface area contributed by atoms with E-state index in [1.807, 2.05) is 42.5 Å². The fourth-order valence-corrected chi connectivity index (χ4v) is 5.47. The molecule has 0 radical (unpaired) electrons. The van der Waals surface area contributed by atoms with Gasteiger partial charge in [-0.05, 0) is 58.7 Å². The van der Waals surface area contributed by atoms with Crippen LogP contribution in [0, 0.1) is 0 Å². The number of benzene rings is 4. The lowest BCUT2D eigenvalue weighted by atomic mass is 10.0. The zero-order chi connectivity index (χ0) is 27.7. The van der Waals surface area contributed by atoms with Crippen molar-refractivity contribution in [3.8, 4) is 17.2 Å². The summed E-state index contributed by atoms with van der Waals surface area (Å²) in [4.78, 5) is 5.12. The molecule has 0 saturated carbocycles. The molecule has 0 aliphatic carbocycles. The molecule has 0 aliphatic rings. The minimum absolute atomic E-state index is 0.558. The Morgan fingerprint density at radius 3 is 1.77 bits per heavy atom. The highest BCUT2D eigenvalue weighted by atomic mass is 32.2. The highest BCUT2D eigenvalue weighted by Gasteiger charge is 2.17. The van der Waals surface area contributed by atoms with E-state index in [0.29, 0.717) is 6.61 Å². The van der Waals surface area contributed by atoms with Crippen LogP contribution in [0.2, 0.25) is 0 Å². The molecule has 1 aromatic heterocycles. The molecule has 0 unspecified atom stereocenters. The Bertz CT molecular complexity index is 1500. The molecule has 0 bridgehead atoms. The summed E-state index contributed by atoms with van der Waals surface area (Å²) in [6.07, 6.45) is 1.55. The first kappa shape index (κ1) is 27.4. The first-order valence-corrected chi connectivity index (χ1v) is 14.3. The lowest BCUT2D eigenvalue weighted by Gasteiger charge is -2.10. The molecule has 4 aromatic carbocycles. The van der Waals surface area contributed by atoms with Crippen LogP contribution in [-0.2, 0) is 32.2 Å². The molecule has 0 N–H and O–H groups in total. The molecule has 6 heteroatoms. The van der Waals surface area contributed by atoms with Gasteiger partial charge in [-0.3, -0.25) is 0 Å². The van der Waals surface area contributed by atoms with Gasteiger partial charge in [0.05, 0.1) is 19.9 Å². The lowest BCUT2D eigenvalue weighted by Crippen LogP contribution is -2.03. The van der Waals surface area contributed by atoms with Gasteiger partial charge in [-0.25, -0.2) is 4.98 Å². The van der Waals surface area contributed by atoms with Crippen LogP contribution in [0.1, 0.15) is 33.6 Å². The molecule has 1 heterocycles. The van der Waals surface area contributed by atoms with Crippen molar-refractivity contribution >= 4 is 11.8 Å². The summed E-state index contributed by atoms with van der Waals surface area (Å²) >= 11 is 1.75. The number of aromatic nitrogens is 2. The van der Waals surface area contributed by atoms with Crippen LogP contribution in [0.4, 0.5) is 0 Å². The summed E-state index contributed by atoms with van der Waals surface area (Å²) in [5.74, 6) is 3.43. The number of methoxy groups -OCH3 is 2. The zero-order valence-corrected chi connectivity index (χ0v) is 24.0. The van der Waals surface area contributed by atoms with Gasteiger partial charge in [-0.2, -0.15) is 0 Å². The predicted molar refractivity (Wildman–Crippen MR) is 162 cm³/mol. The van der Waals surface area contributed by atoms with Gasteiger partial charge in [0.1, 0.15) is 23.9 Å². The maximum absolute atomic E-state index is 6.00. The third-order valence-electron chi connectivity index (χ3n) is 6.86. The smallest absolute Gasteiger partial charge is 0.168 e. The van der Waals surface area contributed by atoms with Crippen LogP contribution in [0.3, 0.4) is 0 Å². The molecule has 5 nitrogen and oxygen atoms in total. The number of hydrogen-bond donors (Lipinski definition) is 0. The van der Waals surface area contributed by atoms with E-state index in [9.17, 15) is 0 Å². The van der Waals surface area contributed by atoms with E-state index in [1.165, 1.54) is 22.4 Å². The van der Waals surface area contributed by atoms with Crippen molar-refractivity contribution in [3.63, 3.8) is 0 Å². The number of hydrogen-bond acceptors (Lipinski definition) is 5. The van der Waals surface area contributed by atoms with Gasteiger partial charge in [0.15, 0.2) is 5.16 Å². The molecule has 0 spiro atoms. The largest absolute Gasteiger partial charge is 0.497 e. The van der Waals surface area contributed by atoms with Gasteiger partial charge in [0, 0.05) is 31.3 Å². The van der Waals surface area contributed by atoms with Crippen LogP contribution in [0.25, 0.3) is 0 Å². The van der Waals surface area contributed by atoms with Gasteiger partial charge in [0.2, 0.25) is 0 Å². The second kappa shape index (κ2) is 13.3. The van der Waals surface area contributed by atoms with E-state index in [2.05, 4.69) is 72.3 Å². The summed E-state index contributed by atoms with van der Waals surface area (Å²) in [7, 11) is 5.50. The Morgan fingerprint density at radius 1 is 0.625 bits per heavy atom. The standard InChI is InChI=1S/C34H34N2O3S/c1-36-33(22-26-11-19-31(20-12-26)39-23-27-7-5-4-6-8-27)32(21-25-9-15-29(37-2)16-10-25)35-34(36)40-24-28-13-17-30(38-3)18-14-28/h4-20H,21-24H2,1-3H3. The van der Waals surface area contributed by atoms with E-state index in [4.69, 9.17) is 19.2 Å². The van der Waals surface area contributed by atoms with Gasteiger partial charge in [-0.1, -0.05) is 78.5 Å². The van der Waals surface area contributed by atoms with E-state index in [-0.39, 0.29) is 0 Å². The maximum Gasteiger partial charge on any atom is 0.168 e. The minimum Gasteiger partial charge on any atom is -0.497 e. The third kappa shape index (κ3) is 7.07. The molecule has 5 aromatic rings. The molecule has 40 heavy (non-hydrogen) atoms. The Labute approximate surface area is 240 Å². The van der Waals surface area contributed by atoms with Crippen LogP contribution < -0.4 is 14.2 Å². The predicted octanol–water partition coefficient (Wildman–Crippen LogP) is 7.49. The quantitative estimate of drug-likeness (QED) is 0.151. The Morgan fingerprint density at radius 2 is 1.18 bits per heavy atom. The summed E-state index contributed by atoms with van der Waals surface area (Å²) in [5.41, 5.74) is 7.12. The topological polar surface area (TPSA) is 45.5 Å². The van der Waals surface area contributed by atoms with Gasteiger partial charge in [0.25, 0.3) is 0 Å². The zero-order valence-electron chi connectivity index (χ0n) is 23.2. The third-order valence-corrected chi connectivity index (χ3v) is 7.96. The Balaban J connectivity index is 1.33. The normalized spacial score (nSPS) is 10.9. The van der Waals surface area contributed by atoms with E-state index in [0.717, 1.165) is 52.3 Å². The van der Waals surface area contributed by atoms with Gasteiger partial charge < -0.3 is 18.8 Å². The number of nitrogens with zero attached hydrogens (tertiary/aromatic N) is 2. The molecule has 0 amide bonds. The van der Waals surface area contributed by atoms with Crippen molar-refractivity contribution < 1.29 is 14.2 Å². The van der Waals surface area contributed by atoms with Crippen LogP contribution in [0.5, 0.6) is 17.2 Å². The highest BCUT2D eigenvalue weighted by Crippen LogP contribution is 2.28. The molecule has 5 rings (SSSR count). The second-order valence-corrected chi connectivity index (χ2v) is 10.5. The lowest BCUT2D eigenvalue weighted by molar-refractivity contribution is 0.306. The average molecular weight is 551 g/mol. The molecule has 0 aliphatic heterocycles. The molecule has 0 fully saturated rings. The monoisotopic (exact) mass is 550 g/mol. The summed E-state index contributed by atoms with van der Waals surface area (Å²) in [6.45, 7) is 0.558. The fourth-order valence-electron chi connectivity index (χ4n) is 4.50. The SMILES string of the molecule is COc1ccc(CSc2nc(Cc3ccc(OC)cc3)c(Cc3ccc(OCc4ccccc4)cc3)n2C)cc1. The molecule has 0 atom stereocenters. The summed E-state index contributed by atoms with van der Waals surface area (Å²) in [5, 5.41) is 1.01. The molecular formula is C34H34N2O3S. The second-order valence-electron chi connectivity index (χ2n) is 9.60. The van der Waals surface area contributed by atoms with E-state index in [1.54, 1.807) is 26.0 Å². The number of thioether (sulfide) groups is 1. The van der Waals surface area contributed by atoms with Crippen molar-refractivity contribution in [3.05, 3.63) is 137 Å². The first-order chi connectivity index (χ1) is 19.6. The van der Waals surface area contributed by atoms with Crippen LogP contribution in [0.15, 0.2) is 108 Å².